The summed E-state index contributed by atoms with van der Waals surface area (Å²) < 4.78 is 0. The predicted molar refractivity (Wildman–Crippen MR) is 57.5 cm³/mol. The third kappa shape index (κ3) is 1.78. The molecule has 0 bridgehead atoms. The monoisotopic (exact) mass is 177 g/mol. The average Bonchev–Trinajstić information content (AvgIpc) is 2.06. The second kappa shape index (κ2) is 3.44. The van der Waals surface area contributed by atoms with Crippen molar-refractivity contribution < 1.29 is 0 Å². The smallest absolute Gasteiger partial charge is 0.0652 e. The third-order valence-corrected chi connectivity index (χ3v) is 7.61. The van der Waals surface area contributed by atoms with Gasteiger partial charge in [0.05, 0.1) is 8.07 Å². The lowest BCUT2D eigenvalue weighted by atomic mass is 10.4. The summed E-state index contributed by atoms with van der Waals surface area (Å²) in [6.45, 7) is 9.49. The zero-order chi connectivity index (χ0) is 9.19. The Kier molecular flexibility index (Phi) is 2.73. The van der Waals surface area contributed by atoms with E-state index in [9.17, 15) is 0 Å². The van der Waals surface area contributed by atoms with E-state index < -0.39 is 8.07 Å². The Labute approximate surface area is 76.6 Å². The molecule has 1 aromatic rings. The molecule has 0 atom stereocenters. The summed E-state index contributed by atoms with van der Waals surface area (Å²) >= 11 is 0. The van der Waals surface area contributed by atoms with Gasteiger partial charge in [-0.15, -0.1) is 0 Å². The fourth-order valence-corrected chi connectivity index (χ4v) is 2.84. The van der Waals surface area contributed by atoms with Crippen LogP contribution in [-0.2, 0) is 0 Å². The number of benzene rings is 1. The Morgan fingerprint density at radius 2 is 1.67 bits per heavy atom. The van der Waals surface area contributed by atoms with Gasteiger partial charge in [0, 0.05) is 0 Å². The Morgan fingerprint density at radius 1 is 1.17 bits per heavy atom. The molecule has 12 heavy (non-hydrogen) atoms. The highest BCUT2D eigenvalue weighted by Gasteiger charge is 2.26. The van der Waals surface area contributed by atoms with E-state index >= 15 is 0 Å². The van der Waals surface area contributed by atoms with Crippen molar-refractivity contribution in [3.05, 3.63) is 30.3 Å². The maximum Gasteiger partial charge on any atom is 0.0831 e. The van der Waals surface area contributed by atoms with Crippen molar-refractivity contribution in [2.45, 2.75) is 32.5 Å². The summed E-state index contributed by atoms with van der Waals surface area (Å²) in [6.07, 6.45) is 0. The summed E-state index contributed by atoms with van der Waals surface area (Å²) in [6, 6.07) is 11.5. The maximum atomic E-state index is 3.07. The van der Waals surface area contributed by atoms with Crippen molar-refractivity contribution in [3.63, 3.8) is 0 Å². The van der Waals surface area contributed by atoms with Crippen LogP contribution in [-0.4, -0.2) is 8.07 Å². The third-order valence-electron chi connectivity index (χ3n) is 2.91. The highest BCUT2D eigenvalue weighted by atomic mass is 28.3. The number of rotatable bonds is 2. The predicted octanol–water partition coefficient (Wildman–Crippen LogP) is 2.81. The average molecular weight is 177 g/mol. The molecule has 1 heteroatoms. The molecule has 0 aliphatic heterocycles. The Balaban J connectivity index is 2.98. The lowest BCUT2D eigenvalue weighted by Gasteiger charge is -2.27. The van der Waals surface area contributed by atoms with Crippen LogP contribution in [0.3, 0.4) is 0 Å². The minimum Gasteiger partial charge on any atom is -0.0652 e. The number of hydrogen-bond donors (Lipinski definition) is 0. The molecule has 65 valence electrons. The van der Waals surface area contributed by atoms with E-state index in [0.717, 1.165) is 5.54 Å². The summed E-state index contributed by atoms with van der Waals surface area (Å²) in [7, 11) is -1.18. The van der Waals surface area contributed by atoms with Crippen molar-refractivity contribution in [2.24, 2.45) is 0 Å². The molecule has 0 N–H and O–H groups in total. The van der Waals surface area contributed by atoms with Gasteiger partial charge >= 0.3 is 0 Å². The molecule has 0 heterocycles. The van der Waals surface area contributed by atoms with Gasteiger partial charge in [0.15, 0.2) is 0 Å². The van der Waals surface area contributed by atoms with Gasteiger partial charge in [-0.3, -0.25) is 0 Å². The molecule has 1 radical (unpaired) electrons. The van der Waals surface area contributed by atoms with E-state index in [1.807, 2.05) is 12.1 Å². The van der Waals surface area contributed by atoms with E-state index in [4.69, 9.17) is 0 Å². The van der Waals surface area contributed by atoms with Crippen LogP contribution >= 0.6 is 0 Å². The Morgan fingerprint density at radius 3 is 2.08 bits per heavy atom. The topological polar surface area (TPSA) is 0 Å². The van der Waals surface area contributed by atoms with E-state index in [2.05, 4.69) is 45.1 Å². The fraction of sp³-hybridized carbons (Fsp3) is 0.455. The summed E-state index contributed by atoms with van der Waals surface area (Å²) in [5, 5.41) is 1.54. The molecule has 0 saturated carbocycles. The minimum absolute atomic E-state index is 0.805. The molecule has 1 rings (SSSR count). The Bertz CT molecular complexity index is 236. The minimum atomic E-state index is -1.18. The standard InChI is InChI=1S/C11H17Si/c1-10(2)12(3,4)11-8-6-5-7-9-11/h6-10H,1-4H3. The molecule has 0 amide bonds. The first kappa shape index (κ1) is 9.52. The molecular formula is C11H17Si. The molecule has 1 aromatic carbocycles. The van der Waals surface area contributed by atoms with Crippen molar-refractivity contribution >= 4 is 13.3 Å². The first-order chi connectivity index (χ1) is 5.55. The van der Waals surface area contributed by atoms with Gasteiger partial charge in [-0.2, -0.15) is 0 Å². The van der Waals surface area contributed by atoms with Crippen LogP contribution in [0.25, 0.3) is 0 Å². The van der Waals surface area contributed by atoms with Gasteiger partial charge in [-0.25, -0.2) is 0 Å². The Hall–Kier alpha value is -0.563. The molecule has 0 saturated heterocycles. The van der Waals surface area contributed by atoms with Crippen molar-refractivity contribution in [3.8, 4) is 0 Å². The van der Waals surface area contributed by atoms with Crippen LogP contribution < -0.4 is 5.19 Å². The molecule has 0 fully saturated rings. The molecule has 0 aliphatic rings. The normalized spacial score (nSPS) is 12.1. The van der Waals surface area contributed by atoms with Crippen LogP contribution in [0, 0.1) is 6.07 Å². The van der Waals surface area contributed by atoms with Crippen LogP contribution in [0.4, 0.5) is 0 Å². The van der Waals surface area contributed by atoms with Gasteiger partial charge in [-0.1, -0.05) is 56.4 Å². The molecule has 0 nitrogen and oxygen atoms in total. The van der Waals surface area contributed by atoms with E-state index in [0.29, 0.717) is 0 Å². The van der Waals surface area contributed by atoms with Crippen LogP contribution in [0.5, 0.6) is 0 Å². The second-order valence-corrected chi connectivity index (χ2v) is 9.34. The van der Waals surface area contributed by atoms with E-state index in [-0.39, 0.29) is 0 Å². The van der Waals surface area contributed by atoms with Crippen LogP contribution in [0.15, 0.2) is 24.3 Å². The zero-order valence-electron chi connectivity index (χ0n) is 8.39. The lowest BCUT2D eigenvalue weighted by Crippen LogP contribution is -2.43. The largest absolute Gasteiger partial charge is 0.0831 e. The van der Waals surface area contributed by atoms with Gasteiger partial charge in [-0.05, 0) is 11.6 Å². The molecule has 0 aliphatic carbocycles. The maximum absolute atomic E-state index is 3.07. The molecule has 0 aromatic heterocycles. The molecular weight excluding hydrogens is 160 g/mol. The summed E-state index contributed by atoms with van der Waals surface area (Å²) in [5.74, 6) is 0. The lowest BCUT2D eigenvalue weighted by molar-refractivity contribution is 1.02. The SMILES string of the molecule is CC(C)[Si](C)(C)c1cc[c]cc1. The first-order valence-corrected chi connectivity index (χ1v) is 7.59. The van der Waals surface area contributed by atoms with Crippen LogP contribution in [0.2, 0.25) is 18.6 Å². The van der Waals surface area contributed by atoms with Crippen LogP contribution in [0.1, 0.15) is 13.8 Å². The highest BCUT2D eigenvalue weighted by molar-refractivity contribution is 6.90. The van der Waals surface area contributed by atoms with Crippen molar-refractivity contribution in [2.75, 3.05) is 0 Å². The summed E-state index contributed by atoms with van der Waals surface area (Å²) in [4.78, 5) is 0. The molecule has 0 unspecified atom stereocenters. The van der Waals surface area contributed by atoms with Gasteiger partial charge in [0.1, 0.15) is 0 Å². The summed E-state index contributed by atoms with van der Waals surface area (Å²) in [5.41, 5.74) is 0.805. The van der Waals surface area contributed by atoms with E-state index in [1.54, 1.807) is 0 Å². The van der Waals surface area contributed by atoms with Gasteiger partial charge < -0.3 is 0 Å². The van der Waals surface area contributed by atoms with E-state index in [1.165, 1.54) is 5.19 Å². The fourth-order valence-electron chi connectivity index (χ4n) is 1.15. The highest BCUT2D eigenvalue weighted by Crippen LogP contribution is 2.19. The second-order valence-electron chi connectivity index (χ2n) is 4.17. The van der Waals surface area contributed by atoms with Gasteiger partial charge in [0.25, 0.3) is 0 Å². The molecule has 0 spiro atoms. The van der Waals surface area contributed by atoms with Crippen molar-refractivity contribution in [1.82, 2.24) is 0 Å². The number of hydrogen-bond acceptors (Lipinski definition) is 0. The first-order valence-electron chi connectivity index (χ1n) is 4.51. The van der Waals surface area contributed by atoms with Gasteiger partial charge in [0.2, 0.25) is 0 Å². The van der Waals surface area contributed by atoms with Crippen molar-refractivity contribution in [1.29, 1.82) is 0 Å². The quantitative estimate of drug-likeness (QED) is 0.609. The zero-order valence-corrected chi connectivity index (χ0v) is 9.39.